The van der Waals surface area contributed by atoms with Gasteiger partial charge in [0.1, 0.15) is 10.6 Å². The van der Waals surface area contributed by atoms with Gasteiger partial charge in [0.15, 0.2) is 9.84 Å². The lowest BCUT2D eigenvalue weighted by molar-refractivity contribution is -0.387. The van der Waals surface area contributed by atoms with E-state index in [1.807, 2.05) is 0 Å². The molecule has 2 aromatic rings. The molecule has 1 N–H and O–H groups in total. The van der Waals surface area contributed by atoms with Crippen molar-refractivity contribution in [2.24, 2.45) is 0 Å². The van der Waals surface area contributed by atoms with E-state index in [9.17, 15) is 31.7 Å². The van der Waals surface area contributed by atoms with Gasteiger partial charge in [-0.15, -0.1) is 0 Å². The summed E-state index contributed by atoms with van der Waals surface area (Å²) in [6.45, 7) is -0.278. The molecule has 0 atom stereocenters. The Hall–Kier alpha value is -2.82. The summed E-state index contributed by atoms with van der Waals surface area (Å²) in [5.41, 5.74) is -1.48. The fraction of sp³-hybridized carbons (Fsp3) is 0.250. The summed E-state index contributed by atoms with van der Waals surface area (Å²) >= 11 is 0. The maximum Gasteiger partial charge on any atom is 0.416 e. The number of nitrogens with zero attached hydrogens (tertiary/aromatic N) is 1. The second-order valence-electron chi connectivity index (χ2n) is 5.59. The van der Waals surface area contributed by atoms with Crippen LogP contribution >= 0.6 is 0 Å². The van der Waals surface area contributed by atoms with Crippen LogP contribution in [-0.4, -0.2) is 26.7 Å². The highest BCUT2D eigenvalue weighted by molar-refractivity contribution is 7.90. The third kappa shape index (κ3) is 4.88. The molecule has 0 aromatic heterocycles. The molecule has 11 heteroatoms. The van der Waals surface area contributed by atoms with E-state index in [2.05, 4.69) is 5.32 Å². The molecular formula is C16H15F3N2O5S. The number of nitrogens with one attached hydrogen (secondary N) is 1. The smallest absolute Gasteiger partial charge is 0.416 e. The first-order chi connectivity index (χ1) is 12.4. The summed E-state index contributed by atoms with van der Waals surface area (Å²) in [6, 6.07) is 6.68. The van der Waals surface area contributed by atoms with Crippen LogP contribution in [0.4, 0.5) is 24.5 Å². The minimum Gasteiger partial charge on any atom is -0.497 e. The van der Waals surface area contributed by atoms with Crippen molar-refractivity contribution in [3.63, 3.8) is 0 Å². The van der Waals surface area contributed by atoms with Crippen molar-refractivity contribution < 1.29 is 31.2 Å². The largest absolute Gasteiger partial charge is 0.497 e. The van der Waals surface area contributed by atoms with Gasteiger partial charge >= 0.3 is 6.18 Å². The van der Waals surface area contributed by atoms with Crippen molar-refractivity contribution in [3.8, 4) is 5.75 Å². The molecule has 2 rings (SSSR count). The van der Waals surface area contributed by atoms with Gasteiger partial charge in [-0.3, -0.25) is 10.1 Å². The van der Waals surface area contributed by atoms with Gasteiger partial charge in [0.05, 0.1) is 17.6 Å². The van der Waals surface area contributed by atoms with Crippen LogP contribution in [0.15, 0.2) is 41.3 Å². The lowest BCUT2D eigenvalue weighted by Gasteiger charge is -2.15. The second-order valence-corrected chi connectivity index (χ2v) is 7.57. The van der Waals surface area contributed by atoms with E-state index in [0.29, 0.717) is 0 Å². The predicted octanol–water partition coefficient (Wildman–Crippen LogP) is 3.64. The normalized spacial score (nSPS) is 11.9. The van der Waals surface area contributed by atoms with Crippen LogP contribution in [-0.2, 0) is 22.6 Å². The Kier molecular flexibility index (Phi) is 5.64. The number of sulfone groups is 1. The molecule has 0 saturated heterocycles. The zero-order valence-corrected chi connectivity index (χ0v) is 15.0. The molecule has 0 aliphatic heterocycles. The van der Waals surface area contributed by atoms with Gasteiger partial charge in [-0.2, -0.15) is 13.2 Å². The first-order valence-corrected chi connectivity index (χ1v) is 9.29. The number of ether oxygens (including phenoxy) is 1. The van der Waals surface area contributed by atoms with Crippen LogP contribution in [0.2, 0.25) is 0 Å². The highest BCUT2D eigenvalue weighted by atomic mass is 32.2. The standard InChI is InChI=1S/C16H15F3N2O5S/c1-26-12-5-3-10(13(8-12)16(17,18)19)9-20-11-4-6-14(21(22)23)15(7-11)27(2,24)25/h3-8,20H,9H2,1-2H3. The van der Waals surface area contributed by atoms with Gasteiger partial charge < -0.3 is 10.1 Å². The Morgan fingerprint density at radius 2 is 1.85 bits per heavy atom. The summed E-state index contributed by atoms with van der Waals surface area (Å²) < 4.78 is 67.9. The van der Waals surface area contributed by atoms with E-state index in [4.69, 9.17) is 4.74 Å². The molecule has 0 aliphatic rings. The van der Waals surface area contributed by atoms with Gasteiger partial charge in [-0.25, -0.2) is 8.42 Å². The van der Waals surface area contributed by atoms with Crippen molar-refractivity contribution in [1.29, 1.82) is 0 Å². The number of benzene rings is 2. The Bertz CT molecular complexity index is 975. The SMILES string of the molecule is COc1ccc(CNc2ccc([N+](=O)[O-])c(S(C)(=O)=O)c2)c(C(F)(F)F)c1. The topological polar surface area (TPSA) is 98.5 Å². The third-order valence-electron chi connectivity index (χ3n) is 3.66. The number of alkyl halides is 3. The average molecular weight is 404 g/mol. The average Bonchev–Trinajstić information content (AvgIpc) is 2.57. The molecule has 0 heterocycles. The number of halogens is 3. The van der Waals surface area contributed by atoms with Gasteiger partial charge in [-0.05, 0) is 29.8 Å². The monoisotopic (exact) mass is 404 g/mol. The molecule has 2 aromatic carbocycles. The number of nitro groups is 1. The van der Waals surface area contributed by atoms with Crippen LogP contribution < -0.4 is 10.1 Å². The fourth-order valence-corrected chi connectivity index (χ4v) is 3.23. The Balaban J connectivity index is 2.36. The summed E-state index contributed by atoms with van der Waals surface area (Å²) in [5, 5.41) is 13.6. The maximum atomic E-state index is 13.2. The molecule has 0 unspecified atom stereocenters. The lowest BCUT2D eigenvalue weighted by atomic mass is 10.1. The van der Waals surface area contributed by atoms with Gasteiger partial charge in [0.2, 0.25) is 0 Å². The van der Waals surface area contributed by atoms with Crippen LogP contribution in [0, 0.1) is 10.1 Å². The second kappa shape index (κ2) is 7.43. The molecular weight excluding hydrogens is 389 g/mol. The van der Waals surface area contributed by atoms with Crippen LogP contribution in [0.1, 0.15) is 11.1 Å². The van der Waals surface area contributed by atoms with Crippen LogP contribution in [0.5, 0.6) is 5.75 Å². The highest BCUT2D eigenvalue weighted by Gasteiger charge is 2.33. The van der Waals surface area contributed by atoms with Crippen molar-refractivity contribution in [2.75, 3.05) is 18.7 Å². The van der Waals surface area contributed by atoms with Crippen molar-refractivity contribution in [1.82, 2.24) is 0 Å². The number of anilines is 1. The first kappa shape index (κ1) is 20.5. The quantitative estimate of drug-likeness (QED) is 0.583. The number of methoxy groups -OCH3 is 1. The highest BCUT2D eigenvalue weighted by Crippen LogP contribution is 2.35. The summed E-state index contributed by atoms with van der Waals surface area (Å²) in [5.74, 6) is 0.0424. The summed E-state index contributed by atoms with van der Waals surface area (Å²) in [4.78, 5) is 9.59. The molecule has 0 fully saturated rings. The molecule has 0 bridgehead atoms. The zero-order valence-electron chi connectivity index (χ0n) is 14.2. The van der Waals surface area contributed by atoms with Gasteiger partial charge in [0, 0.05) is 24.6 Å². The predicted molar refractivity (Wildman–Crippen MR) is 91.5 cm³/mol. The van der Waals surface area contributed by atoms with E-state index < -0.39 is 37.1 Å². The Labute approximate surface area is 152 Å². The van der Waals surface area contributed by atoms with Crippen molar-refractivity contribution >= 4 is 21.2 Å². The maximum absolute atomic E-state index is 13.2. The third-order valence-corrected chi connectivity index (χ3v) is 4.79. The van der Waals surface area contributed by atoms with E-state index in [1.54, 1.807) is 0 Å². The molecule has 7 nitrogen and oxygen atoms in total. The number of hydrogen-bond donors (Lipinski definition) is 1. The summed E-state index contributed by atoms with van der Waals surface area (Å²) in [6.07, 6.45) is -3.80. The van der Waals surface area contributed by atoms with Crippen LogP contribution in [0.3, 0.4) is 0 Å². The molecule has 0 amide bonds. The molecule has 0 spiro atoms. The first-order valence-electron chi connectivity index (χ1n) is 7.40. The zero-order chi connectivity index (χ0) is 20.4. The van der Waals surface area contributed by atoms with Crippen LogP contribution in [0.25, 0.3) is 0 Å². The molecule has 0 radical (unpaired) electrons. The summed E-state index contributed by atoms with van der Waals surface area (Å²) in [7, 11) is -2.66. The fourth-order valence-electron chi connectivity index (χ4n) is 2.37. The number of nitro benzene ring substituents is 1. The van der Waals surface area contributed by atoms with E-state index in [0.717, 1.165) is 24.5 Å². The van der Waals surface area contributed by atoms with E-state index >= 15 is 0 Å². The minimum absolute atomic E-state index is 0.0424. The number of rotatable bonds is 6. The van der Waals surface area contributed by atoms with E-state index in [1.165, 1.54) is 25.3 Å². The van der Waals surface area contributed by atoms with Gasteiger partial charge in [-0.1, -0.05) is 6.07 Å². The van der Waals surface area contributed by atoms with Gasteiger partial charge in [0.25, 0.3) is 5.69 Å². The van der Waals surface area contributed by atoms with Crippen molar-refractivity contribution in [3.05, 3.63) is 57.6 Å². The molecule has 27 heavy (non-hydrogen) atoms. The minimum atomic E-state index is -4.61. The molecule has 0 aliphatic carbocycles. The number of hydrogen-bond acceptors (Lipinski definition) is 6. The van der Waals surface area contributed by atoms with Crippen molar-refractivity contribution in [2.45, 2.75) is 17.6 Å². The Morgan fingerprint density at radius 3 is 2.37 bits per heavy atom. The lowest BCUT2D eigenvalue weighted by Crippen LogP contribution is -2.12. The Morgan fingerprint density at radius 1 is 1.19 bits per heavy atom. The molecule has 0 saturated carbocycles. The van der Waals surface area contributed by atoms with E-state index in [-0.39, 0.29) is 23.5 Å². The molecule has 146 valence electrons.